The van der Waals surface area contributed by atoms with Gasteiger partial charge < -0.3 is 15.3 Å². The third-order valence-electron chi connectivity index (χ3n) is 1.74. The van der Waals surface area contributed by atoms with Crippen LogP contribution in [0.15, 0.2) is 15.7 Å². The van der Waals surface area contributed by atoms with Gasteiger partial charge in [-0.05, 0) is 12.5 Å². The van der Waals surface area contributed by atoms with Gasteiger partial charge in [0.05, 0.1) is 13.2 Å². The number of hydrogen-bond donors (Lipinski definition) is 1. The van der Waals surface area contributed by atoms with Gasteiger partial charge in [0, 0.05) is 10.3 Å². The fraction of sp³-hybridized carbons (Fsp3) is 0.444. The van der Waals surface area contributed by atoms with Gasteiger partial charge in [0.2, 0.25) is 5.71 Å². The number of esters is 1. The van der Waals surface area contributed by atoms with Gasteiger partial charge in [-0.3, -0.25) is 0 Å². The maximum atomic E-state index is 11.7. The summed E-state index contributed by atoms with van der Waals surface area (Å²) in [6.07, 6.45) is 0. The molecule has 0 bridgehead atoms. The Morgan fingerprint density at radius 1 is 1.68 bits per heavy atom. The zero-order valence-electron chi connectivity index (χ0n) is 10.1. The summed E-state index contributed by atoms with van der Waals surface area (Å²) >= 11 is 1.17. The number of rotatable bonds is 7. The van der Waals surface area contributed by atoms with E-state index in [4.69, 9.17) is 20.8 Å². The first kappa shape index (κ1) is 14.7. The molecule has 2 N–H and O–H groups in total. The van der Waals surface area contributed by atoms with E-state index in [0.29, 0.717) is 5.13 Å². The summed E-state index contributed by atoms with van der Waals surface area (Å²) < 4.78 is 4.84. The first-order chi connectivity index (χ1) is 9.19. The molecule has 0 unspecified atom stereocenters. The van der Waals surface area contributed by atoms with Crippen LogP contribution < -0.4 is 5.73 Å². The molecule has 0 spiro atoms. The van der Waals surface area contributed by atoms with E-state index in [1.807, 2.05) is 0 Å². The quantitative estimate of drug-likeness (QED) is 0.153. The number of azide groups is 1. The summed E-state index contributed by atoms with van der Waals surface area (Å²) in [5.74, 6) is -0.656. The summed E-state index contributed by atoms with van der Waals surface area (Å²) in [7, 11) is 0. The van der Waals surface area contributed by atoms with Crippen LogP contribution >= 0.6 is 11.3 Å². The Kier molecular flexibility index (Phi) is 6.13. The summed E-state index contributed by atoms with van der Waals surface area (Å²) in [6, 6.07) is 0. The summed E-state index contributed by atoms with van der Waals surface area (Å²) in [5, 5.41) is 8.79. The highest BCUT2D eigenvalue weighted by Gasteiger charge is 2.19. The predicted octanol–water partition coefficient (Wildman–Crippen LogP) is 1.32. The number of nitrogen functional groups attached to an aromatic ring is 1. The molecule has 9 nitrogen and oxygen atoms in total. The normalized spacial score (nSPS) is 10.7. The molecular formula is C9H12N6O3S. The van der Waals surface area contributed by atoms with Gasteiger partial charge in [-0.15, -0.1) is 11.3 Å². The van der Waals surface area contributed by atoms with Gasteiger partial charge in [-0.1, -0.05) is 10.3 Å². The molecule has 10 heteroatoms. The number of nitrogens with zero attached hydrogens (tertiary/aromatic N) is 5. The van der Waals surface area contributed by atoms with Crippen LogP contribution in [0.3, 0.4) is 0 Å². The number of aromatic nitrogens is 1. The fourth-order valence-corrected chi connectivity index (χ4v) is 1.57. The van der Waals surface area contributed by atoms with E-state index >= 15 is 0 Å². The molecule has 0 aliphatic carbocycles. The molecule has 0 fully saturated rings. The first-order valence-electron chi connectivity index (χ1n) is 5.28. The number of hydrogen-bond acceptors (Lipinski definition) is 8. The second kappa shape index (κ2) is 7.90. The van der Waals surface area contributed by atoms with E-state index < -0.39 is 5.97 Å². The zero-order chi connectivity index (χ0) is 14.1. The third kappa shape index (κ3) is 4.82. The molecule has 0 aliphatic rings. The van der Waals surface area contributed by atoms with Crippen LogP contribution in [0, 0.1) is 0 Å². The molecule has 0 aliphatic heterocycles. The minimum absolute atomic E-state index is 0.0482. The van der Waals surface area contributed by atoms with Crippen molar-refractivity contribution in [2.24, 2.45) is 10.3 Å². The monoisotopic (exact) mass is 284 g/mol. The SMILES string of the molecule is CCOC(=O)C(=NOCCN=[N+]=[N-])c1csc(N)n1. The van der Waals surface area contributed by atoms with Gasteiger partial charge in [0.25, 0.3) is 0 Å². The van der Waals surface area contributed by atoms with Crippen LogP contribution in [0.1, 0.15) is 12.6 Å². The van der Waals surface area contributed by atoms with Crippen molar-refractivity contribution in [1.29, 1.82) is 0 Å². The topological polar surface area (TPSA) is 136 Å². The van der Waals surface area contributed by atoms with Crippen molar-refractivity contribution in [2.45, 2.75) is 6.92 Å². The van der Waals surface area contributed by atoms with E-state index in [9.17, 15) is 4.79 Å². The summed E-state index contributed by atoms with van der Waals surface area (Å²) in [4.78, 5) is 23.0. The van der Waals surface area contributed by atoms with Crippen LogP contribution in [0.25, 0.3) is 10.4 Å². The minimum atomic E-state index is -0.656. The molecule has 0 saturated heterocycles. The zero-order valence-corrected chi connectivity index (χ0v) is 11.0. The largest absolute Gasteiger partial charge is 0.461 e. The molecule has 0 aromatic carbocycles. The van der Waals surface area contributed by atoms with Gasteiger partial charge >= 0.3 is 5.97 Å². The van der Waals surface area contributed by atoms with E-state index in [1.165, 1.54) is 11.3 Å². The van der Waals surface area contributed by atoms with Crippen LogP contribution in [0.2, 0.25) is 0 Å². The van der Waals surface area contributed by atoms with E-state index in [-0.39, 0.29) is 31.2 Å². The summed E-state index contributed by atoms with van der Waals surface area (Å²) in [5.41, 5.74) is 13.8. The van der Waals surface area contributed by atoms with E-state index in [1.54, 1.807) is 12.3 Å². The second-order valence-electron chi connectivity index (χ2n) is 3.02. The molecule has 1 rings (SSSR count). The van der Waals surface area contributed by atoms with Crippen LogP contribution in [-0.2, 0) is 14.4 Å². The van der Waals surface area contributed by atoms with E-state index in [2.05, 4.69) is 20.2 Å². The van der Waals surface area contributed by atoms with Crippen molar-refractivity contribution in [1.82, 2.24) is 4.98 Å². The number of nitrogens with two attached hydrogens (primary N) is 1. The Bertz CT molecular complexity index is 508. The van der Waals surface area contributed by atoms with Crippen molar-refractivity contribution >= 4 is 28.1 Å². The molecule has 1 aromatic rings. The maximum Gasteiger partial charge on any atom is 0.362 e. The number of oxime groups is 1. The first-order valence-corrected chi connectivity index (χ1v) is 6.16. The Labute approximate surface area is 112 Å². The second-order valence-corrected chi connectivity index (χ2v) is 3.91. The average Bonchev–Trinajstić information content (AvgIpc) is 2.80. The van der Waals surface area contributed by atoms with Crippen LogP contribution in [-0.4, -0.2) is 36.4 Å². The third-order valence-corrected chi connectivity index (χ3v) is 2.41. The molecule has 0 saturated carbocycles. The molecule has 102 valence electrons. The standard InChI is InChI=1S/C9H12N6O3S/c1-2-17-8(16)7(6-5-19-9(10)13-6)14-18-4-3-12-15-11/h5H,2-4H2,1H3,(H2,10,13). The number of anilines is 1. The molecule has 19 heavy (non-hydrogen) atoms. The van der Waals surface area contributed by atoms with Crippen molar-refractivity contribution in [3.63, 3.8) is 0 Å². The lowest BCUT2D eigenvalue weighted by Crippen LogP contribution is -2.20. The predicted molar refractivity (Wildman–Crippen MR) is 69.7 cm³/mol. The molecular weight excluding hydrogens is 272 g/mol. The lowest BCUT2D eigenvalue weighted by Gasteiger charge is -2.03. The highest BCUT2D eigenvalue weighted by molar-refractivity contribution is 7.13. The number of carbonyl (C=O) groups excluding carboxylic acids is 1. The number of carbonyl (C=O) groups is 1. The minimum Gasteiger partial charge on any atom is -0.461 e. The number of thiazole rings is 1. The smallest absolute Gasteiger partial charge is 0.362 e. The van der Waals surface area contributed by atoms with Crippen LogP contribution in [0.4, 0.5) is 5.13 Å². The van der Waals surface area contributed by atoms with Crippen molar-refractivity contribution in [3.05, 3.63) is 21.5 Å². The average molecular weight is 284 g/mol. The molecule has 0 amide bonds. The molecule has 1 heterocycles. The van der Waals surface area contributed by atoms with Crippen molar-refractivity contribution in [3.8, 4) is 0 Å². The lowest BCUT2D eigenvalue weighted by atomic mass is 10.3. The van der Waals surface area contributed by atoms with Crippen LogP contribution in [0.5, 0.6) is 0 Å². The maximum absolute atomic E-state index is 11.7. The van der Waals surface area contributed by atoms with Crippen molar-refractivity contribution < 1.29 is 14.4 Å². The van der Waals surface area contributed by atoms with E-state index in [0.717, 1.165) is 0 Å². The lowest BCUT2D eigenvalue weighted by molar-refractivity contribution is -0.135. The van der Waals surface area contributed by atoms with Gasteiger partial charge in [0.15, 0.2) is 5.13 Å². The molecule has 1 aromatic heterocycles. The Hall–Kier alpha value is -2.32. The summed E-state index contributed by atoms with van der Waals surface area (Å²) in [6.45, 7) is 2.03. The Morgan fingerprint density at radius 3 is 3.05 bits per heavy atom. The highest BCUT2D eigenvalue weighted by atomic mass is 32.1. The highest BCUT2D eigenvalue weighted by Crippen LogP contribution is 2.13. The Balaban J connectivity index is 2.77. The van der Waals surface area contributed by atoms with Gasteiger partial charge in [-0.25, -0.2) is 9.78 Å². The Morgan fingerprint density at radius 2 is 2.47 bits per heavy atom. The fourth-order valence-electron chi connectivity index (χ4n) is 1.02. The molecule has 0 radical (unpaired) electrons. The number of ether oxygens (including phenoxy) is 1. The molecule has 0 atom stereocenters. The van der Waals surface area contributed by atoms with Gasteiger partial charge in [0.1, 0.15) is 12.3 Å². The van der Waals surface area contributed by atoms with Gasteiger partial charge in [-0.2, -0.15) is 0 Å². The van der Waals surface area contributed by atoms with Crippen molar-refractivity contribution in [2.75, 3.05) is 25.5 Å².